The molecule has 8 heteroatoms. The van der Waals surface area contributed by atoms with Crippen LogP contribution in [0.5, 0.6) is 5.75 Å². The highest BCUT2D eigenvalue weighted by Gasteiger charge is 2.37. The van der Waals surface area contributed by atoms with Crippen LogP contribution in [0.4, 0.5) is 5.69 Å². The van der Waals surface area contributed by atoms with Crippen LogP contribution in [-0.2, 0) is 13.6 Å². The Hall–Kier alpha value is -2.21. The maximum absolute atomic E-state index is 12.8. The Balaban J connectivity index is 1.77. The van der Waals surface area contributed by atoms with Gasteiger partial charge in [-0.3, -0.25) is 19.2 Å². The zero-order valence-corrected chi connectivity index (χ0v) is 14.8. The zero-order chi connectivity index (χ0) is 18.0. The molecule has 0 radical (unpaired) electrons. The average molecular weight is 363 g/mol. The Morgan fingerprint density at radius 1 is 1.16 bits per heavy atom. The number of nitrogens with zero attached hydrogens (tertiary/aromatic N) is 1. The predicted molar refractivity (Wildman–Crippen MR) is 91.6 cm³/mol. The number of aryl methyl sites for hydroxylation is 2. The lowest BCUT2D eigenvalue weighted by Gasteiger charge is -2.29. The van der Waals surface area contributed by atoms with E-state index in [1.165, 1.54) is 24.3 Å². The minimum atomic E-state index is -3.80. The molecule has 2 aromatic rings. The van der Waals surface area contributed by atoms with Crippen LogP contribution in [0.1, 0.15) is 29.2 Å². The quantitative estimate of drug-likeness (QED) is 0.437. The normalized spacial score (nSPS) is 23.2. The summed E-state index contributed by atoms with van der Waals surface area (Å²) >= 11 is 0. The molecule has 1 heterocycles. The van der Waals surface area contributed by atoms with Crippen molar-refractivity contribution >= 4 is 13.5 Å². The maximum Gasteiger partial charge on any atom is 0.530 e. The Kier molecular flexibility index (Phi) is 4.90. The topological polar surface area (TPSA) is 87.9 Å². The van der Waals surface area contributed by atoms with Crippen molar-refractivity contribution in [2.45, 2.75) is 26.4 Å². The van der Waals surface area contributed by atoms with Crippen LogP contribution in [0.15, 0.2) is 42.5 Å². The number of nitro groups is 1. The van der Waals surface area contributed by atoms with Crippen LogP contribution in [-0.4, -0.2) is 11.5 Å². The molecule has 0 amide bonds. The summed E-state index contributed by atoms with van der Waals surface area (Å²) in [5.74, 6) is 0.190. The van der Waals surface area contributed by atoms with Crippen LogP contribution < -0.4 is 4.52 Å². The first-order chi connectivity index (χ1) is 11.8. The van der Waals surface area contributed by atoms with Crippen LogP contribution in [0, 0.1) is 24.0 Å². The second-order valence-corrected chi connectivity index (χ2v) is 7.47. The molecule has 0 aliphatic carbocycles. The first kappa shape index (κ1) is 17.6. The minimum absolute atomic E-state index is 0.0794. The molecule has 0 saturated carbocycles. The van der Waals surface area contributed by atoms with Gasteiger partial charge in [-0.2, -0.15) is 0 Å². The molecule has 2 unspecified atom stereocenters. The largest absolute Gasteiger partial charge is 0.530 e. The van der Waals surface area contributed by atoms with Gasteiger partial charge in [-0.05, 0) is 31.5 Å². The zero-order valence-electron chi connectivity index (χ0n) is 13.9. The van der Waals surface area contributed by atoms with Gasteiger partial charge in [0.05, 0.1) is 17.6 Å². The van der Waals surface area contributed by atoms with Gasteiger partial charge in [-0.1, -0.05) is 29.3 Å². The number of hydrogen-bond acceptors (Lipinski definition) is 6. The minimum Gasteiger partial charge on any atom is -0.404 e. The highest BCUT2D eigenvalue weighted by molar-refractivity contribution is 7.49. The SMILES string of the molecule is Cc1cc(C)cc(C2CCOP(=O)(Oc3ccc([N+](=O)[O-])cc3)O2)c1. The van der Waals surface area contributed by atoms with E-state index in [9.17, 15) is 14.7 Å². The molecular weight excluding hydrogens is 345 g/mol. The summed E-state index contributed by atoms with van der Waals surface area (Å²) in [6, 6.07) is 11.3. The summed E-state index contributed by atoms with van der Waals surface area (Å²) in [4.78, 5) is 10.2. The van der Waals surface area contributed by atoms with Gasteiger partial charge in [-0.15, -0.1) is 0 Å². The van der Waals surface area contributed by atoms with E-state index in [0.717, 1.165) is 16.7 Å². The number of rotatable bonds is 4. The van der Waals surface area contributed by atoms with Gasteiger partial charge in [-0.25, -0.2) is 4.57 Å². The Labute approximate surface area is 145 Å². The van der Waals surface area contributed by atoms with Crippen molar-refractivity contribution in [3.8, 4) is 5.75 Å². The van der Waals surface area contributed by atoms with E-state index < -0.39 is 18.8 Å². The van der Waals surface area contributed by atoms with E-state index in [1.54, 1.807) is 0 Å². The van der Waals surface area contributed by atoms with E-state index in [0.29, 0.717) is 6.42 Å². The third kappa shape index (κ3) is 4.25. The Morgan fingerprint density at radius 2 is 1.80 bits per heavy atom. The van der Waals surface area contributed by atoms with Crippen molar-refractivity contribution in [3.05, 3.63) is 69.3 Å². The average Bonchev–Trinajstić information content (AvgIpc) is 2.54. The van der Waals surface area contributed by atoms with Gasteiger partial charge in [0.2, 0.25) is 0 Å². The van der Waals surface area contributed by atoms with Crippen LogP contribution in [0.25, 0.3) is 0 Å². The predicted octanol–water partition coefficient (Wildman–Crippen LogP) is 4.88. The number of hydrogen-bond donors (Lipinski definition) is 0. The highest BCUT2D eigenvalue weighted by atomic mass is 31.2. The third-order valence-electron chi connectivity index (χ3n) is 3.77. The number of non-ortho nitro benzene ring substituents is 1. The van der Waals surface area contributed by atoms with Crippen molar-refractivity contribution in [2.75, 3.05) is 6.61 Å². The summed E-state index contributed by atoms with van der Waals surface area (Å²) in [6.07, 6.45) is 0.174. The first-order valence-electron chi connectivity index (χ1n) is 7.80. The molecule has 7 nitrogen and oxygen atoms in total. The highest BCUT2D eigenvalue weighted by Crippen LogP contribution is 2.56. The summed E-state index contributed by atoms with van der Waals surface area (Å²) in [5, 5.41) is 10.7. The van der Waals surface area contributed by atoms with Crippen molar-refractivity contribution in [3.63, 3.8) is 0 Å². The molecule has 2 atom stereocenters. The van der Waals surface area contributed by atoms with Gasteiger partial charge < -0.3 is 4.52 Å². The van der Waals surface area contributed by atoms with Gasteiger partial charge in [0.25, 0.3) is 5.69 Å². The fourth-order valence-corrected chi connectivity index (χ4v) is 4.14. The Morgan fingerprint density at radius 3 is 2.40 bits per heavy atom. The molecule has 0 spiro atoms. The molecule has 0 N–H and O–H groups in total. The van der Waals surface area contributed by atoms with Crippen molar-refractivity contribution in [2.24, 2.45) is 0 Å². The van der Waals surface area contributed by atoms with Gasteiger partial charge in [0.1, 0.15) is 5.75 Å². The fourth-order valence-electron chi connectivity index (χ4n) is 2.74. The molecule has 2 aromatic carbocycles. The number of nitro benzene ring substituents is 1. The van der Waals surface area contributed by atoms with E-state index in [2.05, 4.69) is 6.07 Å². The monoisotopic (exact) mass is 363 g/mol. The molecule has 0 aromatic heterocycles. The molecule has 0 bridgehead atoms. The molecule has 3 rings (SSSR count). The number of phosphoric acid groups is 1. The van der Waals surface area contributed by atoms with Crippen LogP contribution in [0.2, 0.25) is 0 Å². The second kappa shape index (κ2) is 6.96. The van der Waals surface area contributed by atoms with Crippen molar-refractivity contribution in [1.29, 1.82) is 0 Å². The molecule has 25 heavy (non-hydrogen) atoms. The lowest BCUT2D eigenvalue weighted by molar-refractivity contribution is -0.384. The molecule has 1 fully saturated rings. The summed E-state index contributed by atoms with van der Waals surface area (Å²) in [5.41, 5.74) is 3.03. The van der Waals surface area contributed by atoms with E-state index >= 15 is 0 Å². The standard InChI is InChI=1S/C17H18NO6P/c1-12-9-13(2)11-14(10-12)17-7-8-22-25(21,24-17)23-16-5-3-15(4-6-16)18(19)20/h3-6,9-11,17H,7-8H2,1-2H3. The lowest BCUT2D eigenvalue weighted by atomic mass is 10.0. The summed E-state index contributed by atoms with van der Waals surface area (Å²) < 4.78 is 29.0. The lowest BCUT2D eigenvalue weighted by Crippen LogP contribution is -2.16. The van der Waals surface area contributed by atoms with Crippen LogP contribution in [0.3, 0.4) is 0 Å². The number of phosphoric ester groups is 1. The molecule has 132 valence electrons. The molecule has 1 saturated heterocycles. The van der Waals surface area contributed by atoms with E-state index in [-0.39, 0.29) is 18.0 Å². The van der Waals surface area contributed by atoms with Crippen molar-refractivity contribution < 1.29 is 23.1 Å². The third-order valence-corrected chi connectivity index (χ3v) is 5.21. The van der Waals surface area contributed by atoms with Crippen molar-refractivity contribution in [1.82, 2.24) is 0 Å². The molecule has 1 aliphatic heterocycles. The van der Waals surface area contributed by atoms with E-state index in [4.69, 9.17) is 13.6 Å². The van der Waals surface area contributed by atoms with Crippen LogP contribution >= 0.6 is 7.82 Å². The second-order valence-electron chi connectivity index (χ2n) is 5.93. The van der Waals surface area contributed by atoms with Gasteiger partial charge >= 0.3 is 7.82 Å². The summed E-state index contributed by atoms with van der Waals surface area (Å²) in [7, 11) is -3.80. The maximum atomic E-state index is 12.8. The fraction of sp³-hybridized carbons (Fsp3) is 0.294. The molecule has 1 aliphatic rings. The Bertz CT molecular complexity index is 815. The number of benzene rings is 2. The molecular formula is C17H18NO6P. The van der Waals surface area contributed by atoms with E-state index in [1.807, 2.05) is 26.0 Å². The summed E-state index contributed by atoms with van der Waals surface area (Å²) in [6.45, 7) is 4.22. The van der Waals surface area contributed by atoms with Gasteiger partial charge in [0, 0.05) is 18.6 Å². The smallest absolute Gasteiger partial charge is 0.404 e. The van der Waals surface area contributed by atoms with Gasteiger partial charge in [0.15, 0.2) is 0 Å². The first-order valence-corrected chi connectivity index (χ1v) is 9.26.